The lowest BCUT2D eigenvalue weighted by Crippen LogP contribution is -2.36. The topological polar surface area (TPSA) is 89.6 Å². The molecule has 0 aliphatic carbocycles. The van der Waals surface area contributed by atoms with Crippen LogP contribution in [0.4, 0.5) is 10.1 Å². The molecule has 1 saturated heterocycles. The highest BCUT2D eigenvalue weighted by Crippen LogP contribution is 2.27. The summed E-state index contributed by atoms with van der Waals surface area (Å²) in [5.41, 5.74) is 1.58. The maximum absolute atomic E-state index is 15.2. The Morgan fingerprint density at radius 3 is 2.47 bits per heavy atom. The average molecular weight is 483 g/mol. The summed E-state index contributed by atoms with van der Waals surface area (Å²) in [7, 11) is 0. The minimum Gasteiger partial charge on any atom is -0.477 e. The molecule has 0 atom stereocenters. The molecule has 5 rings (SSSR count). The van der Waals surface area contributed by atoms with Gasteiger partial charge in [0, 0.05) is 18.8 Å². The van der Waals surface area contributed by atoms with Crippen molar-refractivity contribution < 1.29 is 19.0 Å². The highest BCUT2D eigenvalue weighted by molar-refractivity contribution is 6.31. The molecule has 1 N–H and O–H groups in total. The number of anilines is 1. The van der Waals surface area contributed by atoms with E-state index in [1.807, 2.05) is 12.1 Å². The van der Waals surface area contributed by atoms with E-state index in [2.05, 4.69) is 9.88 Å². The Bertz CT molecular complexity index is 1440. The maximum Gasteiger partial charge on any atom is 0.354 e. The van der Waals surface area contributed by atoms with E-state index in [0.717, 1.165) is 18.8 Å². The molecule has 0 spiro atoms. The number of hydrogen-bond acceptors (Lipinski definition) is 5. The van der Waals surface area contributed by atoms with Gasteiger partial charge in [-0.15, -0.1) is 0 Å². The second-order valence-corrected chi connectivity index (χ2v) is 8.28. The number of pyridine rings is 1. The largest absolute Gasteiger partial charge is 0.477 e. The third-order valence-electron chi connectivity index (χ3n) is 5.81. The number of morpholine rings is 1. The number of halogens is 2. The second kappa shape index (κ2) is 8.92. The van der Waals surface area contributed by atoms with Crippen LogP contribution < -0.4 is 10.6 Å². The molecule has 1 aliphatic rings. The summed E-state index contributed by atoms with van der Waals surface area (Å²) in [6.07, 6.45) is 0. The van der Waals surface area contributed by atoms with Crippen LogP contribution in [0.1, 0.15) is 16.2 Å². The summed E-state index contributed by atoms with van der Waals surface area (Å²) in [5, 5.41) is 9.13. The third kappa shape index (κ3) is 3.93. The van der Waals surface area contributed by atoms with Gasteiger partial charge in [0.1, 0.15) is 11.2 Å². The highest BCUT2D eigenvalue weighted by atomic mass is 35.5. The lowest BCUT2D eigenvalue weighted by atomic mass is 10.2. The number of aromatic nitrogens is 3. The lowest BCUT2D eigenvalue weighted by Gasteiger charge is -2.28. The normalized spacial score (nSPS) is 14.0. The number of ether oxygens (including phenoxy) is 1. The number of benzene rings is 2. The molecule has 4 aromatic rings. The molecule has 0 saturated carbocycles. The van der Waals surface area contributed by atoms with E-state index < -0.39 is 17.5 Å². The smallest absolute Gasteiger partial charge is 0.354 e. The Morgan fingerprint density at radius 1 is 1.06 bits per heavy atom. The van der Waals surface area contributed by atoms with E-state index in [9.17, 15) is 14.7 Å². The molecule has 0 radical (unpaired) electrons. The first-order valence-electron chi connectivity index (χ1n) is 10.7. The molecule has 1 aliphatic heterocycles. The van der Waals surface area contributed by atoms with Crippen LogP contribution >= 0.6 is 11.6 Å². The van der Waals surface area contributed by atoms with Crippen molar-refractivity contribution in [3.63, 3.8) is 0 Å². The van der Waals surface area contributed by atoms with Gasteiger partial charge in [-0.2, -0.15) is 0 Å². The van der Waals surface area contributed by atoms with Crippen LogP contribution in [0.3, 0.4) is 0 Å². The van der Waals surface area contributed by atoms with Crippen molar-refractivity contribution >= 4 is 34.3 Å². The van der Waals surface area contributed by atoms with Gasteiger partial charge in [-0.3, -0.25) is 9.13 Å². The average Bonchev–Trinajstić information content (AvgIpc) is 3.14. The Balaban J connectivity index is 1.62. The summed E-state index contributed by atoms with van der Waals surface area (Å²) in [6, 6.07) is 14.8. The number of fused-ring (bicyclic) bond motifs is 1. The minimum atomic E-state index is -1.17. The van der Waals surface area contributed by atoms with Gasteiger partial charge in [-0.05, 0) is 48.5 Å². The predicted octanol–water partition coefficient (Wildman–Crippen LogP) is 3.56. The summed E-state index contributed by atoms with van der Waals surface area (Å²) in [4.78, 5) is 31.1. The van der Waals surface area contributed by atoms with Gasteiger partial charge < -0.3 is 14.7 Å². The van der Waals surface area contributed by atoms with Crippen LogP contribution in [0.15, 0.2) is 59.4 Å². The Labute approximate surface area is 198 Å². The molecule has 0 unspecified atom stereocenters. The van der Waals surface area contributed by atoms with Gasteiger partial charge >= 0.3 is 11.7 Å². The van der Waals surface area contributed by atoms with Crippen molar-refractivity contribution in [3.05, 3.63) is 87.3 Å². The second-order valence-electron chi connectivity index (χ2n) is 7.87. The molecule has 0 bridgehead atoms. The van der Waals surface area contributed by atoms with E-state index in [4.69, 9.17) is 16.3 Å². The minimum absolute atomic E-state index is 0.0314. The fourth-order valence-corrected chi connectivity index (χ4v) is 4.31. The van der Waals surface area contributed by atoms with Crippen LogP contribution in [0.25, 0.3) is 16.7 Å². The zero-order valence-corrected chi connectivity index (χ0v) is 18.7. The molecule has 34 heavy (non-hydrogen) atoms. The predicted molar refractivity (Wildman–Crippen MR) is 126 cm³/mol. The standard InChI is InChI=1S/C24H20ClFN4O4/c25-18-8-9-20-22(21(18)26)30(17-6-4-16(5-7-17)28-10-12-34-13-11-28)24(33)29(20)14-15-2-1-3-19(27-15)23(31)32/h1-9H,10-14H2,(H,31,32). The highest BCUT2D eigenvalue weighted by Gasteiger charge is 2.21. The molecular formula is C24H20ClFN4O4. The first-order valence-corrected chi connectivity index (χ1v) is 11.0. The molecule has 174 valence electrons. The third-order valence-corrected chi connectivity index (χ3v) is 6.11. The van der Waals surface area contributed by atoms with E-state index in [-0.39, 0.29) is 22.8 Å². The number of carboxylic acids is 1. The number of rotatable bonds is 5. The van der Waals surface area contributed by atoms with Crippen molar-refractivity contribution in [2.75, 3.05) is 31.2 Å². The quantitative estimate of drug-likeness (QED) is 0.468. The fraction of sp³-hybridized carbons (Fsp3) is 0.208. The molecule has 3 heterocycles. The number of carboxylic acid groups (broad SMARTS) is 1. The van der Waals surface area contributed by atoms with Crippen molar-refractivity contribution in [2.24, 2.45) is 0 Å². The summed E-state index contributed by atoms with van der Waals surface area (Å²) < 4.78 is 23.2. The maximum atomic E-state index is 15.2. The molecule has 2 aromatic heterocycles. The molecule has 8 nitrogen and oxygen atoms in total. The number of imidazole rings is 1. The number of nitrogens with zero attached hydrogens (tertiary/aromatic N) is 4. The van der Waals surface area contributed by atoms with Crippen molar-refractivity contribution in [1.82, 2.24) is 14.1 Å². The number of hydrogen-bond donors (Lipinski definition) is 1. The van der Waals surface area contributed by atoms with Gasteiger partial charge in [-0.1, -0.05) is 17.7 Å². The first kappa shape index (κ1) is 22.1. The van der Waals surface area contributed by atoms with Gasteiger partial charge in [0.2, 0.25) is 0 Å². The Hall–Kier alpha value is -3.69. The molecule has 0 amide bonds. The van der Waals surface area contributed by atoms with Crippen LogP contribution in [0.5, 0.6) is 0 Å². The van der Waals surface area contributed by atoms with Crippen LogP contribution in [-0.2, 0) is 11.3 Å². The molecule has 2 aromatic carbocycles. The zero-order valence-electron chi connectivity index (χ0n) is 17.9. The van der Waals surface area contributed by atoms with Crippen LogP contribution in [-0.4, -0.2) is 51.5 Å². The zero-order chi connectivity index (χ0) is 23.8. The van der Waals surface area contributed by atoms with Gasteiger partial charge in [-0.25, -0.2) is 19.0 Å². The van der Waals surface area contributed by atoms with E-state index >= 15 is 4.39 Å². The van der Waals surface area contributed by atoms with Gasteiger partial charge in [0.05, 0.1) is 41.7 Å². The summed E-state index contributed by atoms with van der Waals surface area (Å²) in [6.45, 7) is 2.80. The van der Waals surface area contributed by atoms with E-state index in [1.165, 1.54) is 21.3 Å². The SMILES string of the molecule is O=C(O)c1cccc(Cn2c(=O)n(-c3ccc(N4CCOCC4)cc3)c3c(F)c(Cl)ccc32)n1. The van der Waals surface area contributed by atoms with E-state index in [0.29, 0.717) is 30.1 Å². The molecular weight excluding hydrogens is 463 g/mol. The number of aromatic carboxylic acids is 1. The number of carbonyl (C=O) groups is 1. The van der Waals surface area contributed by atoms with Gasteiger partial charge in [0.15, 0.2) is 5.82 Å². The van der Waals surface area contributed by atoms with Crippen molar-refractivity contribution in [1.29, 1.82) is 0 Å². The van der Waals surface area contributed by atoms with Gasteiger partial charge in [0.25, 0.3) is 0 Å². The first-order chi connectivity index (χ1) is 16.4. The molecule has 1 fully saturated rings. The lowest BCUT2D eigenvalue weighted by molar-refractivity contribution is 0.0690. The fourth-order valence-electron chi connectivity index (χ4n) is 4.15. The monoisotopic (exact) mass is 482 g/mol. The van der Waals surface area contributed by atoms with Crippen molar-refractivity contribution in [2.45, 2.75) is 6.54 Å². The summed E-state index contributed by atoms with van der Waals surface area (Å²) in [5.74, 6) is -1.88. The van der Waals surface area contributed by atoms with Crippen molar-refractivity contribution in [3.8, 4) is 5.69 Å². The molecule has 10 heteroatoms. The van der Waals surface area contributed by atoms with E-state index in [1.54, 1.807) is 30.3 Å². The van der Waals surface area contributed by atoms with Crippen LogP contribution in [0, 0.1) is 5.82 Å². The van der Waals surface area contributed by atoms with Crippen LogP contribution in [0.2, 0.25) is 5.02 Å². The summed E-state index contributed by atoms with van der Waals surface area (Å²) >= 11 is 6.06. The Kier molecular flexibility index (Phi) is 5.80. The Morgan fingerprint density at radius 2 is 1.76 bits per heavy atom.